The van der Waals surface area contributed by atoms with Crippen LogP contribution in [0.2, 0.25) is 0 Å². The molecule has 0 fully saturated rings. The second-order valence-corrected chi connectivity index (χ2v) is 3.26. The van der Waals surface area contributed by atoms with Crippen LogP contribution in [0.3, 0.4) is 0 Å². The molecule has 0 spiro atoms. The van der Waals surface area contributed by atoms with Crippen LogP contribution in [0, 0.1) is 5.41 Å². The average Bonchev–Trinajstić information content (AvgIpc) is 1.88. The minimum absolute atomic E-state index is 0.0972. The lowest BCUT2D eigenvalue weighted by atomic mass is 9.99. The van der Waals surface area contributed by atoms with Crippen molar-refractivity contribution in [1.29, 1.82) is 0 Å². The van der Waals surface area contributed by atoms with Crippen LogP contribution in [0.5, 0.6) is 0 Å². The first kappa shape index (κ1) is 12.8. The molecule has 2 N–H and O–H groups in total. The fourth-order valence-electron chi connectivity index (χ4n) is 0. The first-order valence-corrected chi connectivity index (χ1v) is 3.29. The van der Waals surface area contributed by atoms with E-state index in [-0.39, 0.29) is 12.0 Å². The van der Waals surface area contributed by atoms with E-state index in [1.54, 1.807) is 0 Å². The second-order valence-electron chi connectivity index (χ2n) is 3.26. The maximum Gasteiger partial charge on any atom is 0.327 e. The van der Waals surface area contributed by atoms with Crippen LogP contribution < -0.4 is 0 Å². The number of carboxylic acid groups (broad SMARTS) is 1. The molecule has 11 heavy (non-hydrogen) atoms. The summed E-state index contributed by atoms with van der Waals surface area (Å²) in [5.41, 5.74) is 0.0972. The molecule has 0 aliphatic heterocycles. The largest absolute Gasteiger partial charge is 0.478 e. The van der Waals surface area contributed by atoms with Crippen molar-refractivity contribution in [1.82, 2.24) is 0 Å². The van der Waals surface area contributed by atoms with Gasteiger partial charge in [0, 0.05) is 12.7 Å². The number of carboxylic acids is 1. The Kier molecular flexibility index (Phi) is 6.89. The summed E-state index contributed by atoms with van der Waals surface area (Å²) in [7, 11) is 0. The van der Waals surface area contributed by atoms with Gasteiger partial charge in [0.25, 0.3) is 0 Å². The summed E-state index contributed by atoms with van der Waals surface area (Å²) < 4.78 is 0. The fourth-order valence-corrected chi connectivity index (χ4v) is 0. The minimum Gasteiger partial charge on any atom is -0.478 e. The molecule has 0 aromatic carbocycles. The first-order valence-electron chi connectivity index (χ1n) is 3.29. The van der Waals surface area contributed by atoms with Crippen LogP contribution in [0.25, 0.3) is 0 Å². The minimum atomic E-state index is -0.981. The standard InChI is InChI=1S/C5H12O.C3H4O2/c1-5(2,3)4-6;1-2-3(4)5/h6H,4H2,1-3H3;2H,1H2,(H,4,5). The number of rotatable bonds is 1. The van der Waals surface area contributed by atoms with Crippen molar-refractivity contribution in [2.24, 2.45) is 5.41 Å². The van der Waals surface area contributed by atoms with E-state index in [9.17, 15) is 4.79 Å². The Morgan fingerprint density at radius 1 is 1.55 bits per heavy atom. The maximum atomic E-state index is 9.25. The van der Waals surface area contributed by atoms with Crippen LogP contribution >= 0.6 is 0 Å². The van der Waals surface area contributed by atoms with Gasteiger partial charge >= 0.3 is 5.97 Å². The highest BCUT2D eigenvalue weighted by Crippen LogP contribution is 2.09. The second kappa shape index (κ2) is 5.92. The highest BCUT2D eigenvalue weighted by molar-refractivity contribution is 5.78. The number of carbonyl (C=O) groups is 1. The van der Waals surface area contributed by atoms with Gasteiger partial charge in [-0.05, 0) is 5.41 Å². The van der Waals surface area contributed by atoms with Crippen LogP contribution in [0.4, 0.5) is 0 Å². The maximum absolute atomic E-state index is 9.25. The zero-order valence-electron chi connectivity index (χ0n) is 7.29. The monoisotopic (exact) mass is 160 g/mol. The molecule has 0 aromatic heterocycles. The Morgan fingerprint density at radius 2 is 1.73 bits per heavy atom. The van der Waals surface area contributed by atoms with Crippen molar-refractivity contribution >= 4 is 5.97 Å². The number of aliphatic carboxylic acids is 1. The van der Waals surface area contributed by atoms with Gasteiger partial charge in [0.2, 0.25) is 0 Å². The zero-order valence-corrected chi connectivity index (χ0v) is 7.29. The lowest BCUT2D eigenvalue weighted by molar-refractivity contribution is -0.131. The molecule has 0 aliphatic rings. The van der Waals surface area contributed by atoms with E-state index in [2.05, 4.69) is 6.58 Å². The molecule has 66 valence electrons. The van der Waals surface area contributed by atoms with E-state index in [1.165, 1.54) is 0 Å². The highest BCUT2D eigenvalue weighted by Gasteiger charge is 2.05. The summed E-state index contributed by atoms with van der Waals surface area (Å²) in [6, 6.07) is 0. The molecular formula is C8H16O3. The summed E-state index contributed by atoms with van der Waals surface area (Å²) >= 11 is 0. The van der Waals surface area contributed by atoms with Gasteiger partial charge < -0.3 is 10.2 Å². The highest BCUT2D eigenvalue weighted by atomic mass is 16.4. The van der Waals surface area contributed by atoms with E-state index >= 15 is 0 Å². The van der Waals surface area contributed by atoms with Crippen LogP contribution in [0.15, 0.2) is 12.7 Å². The summed E-state index contributed by atoms with van der Waals surface area (Å²) in [4.78, 5) is 9.25. The first-order chi connectivity index (χ1) is 4.83. The molecule has 0 aliphatic carbocycles. The van der Waals surface area contributed by atoms with Crippen molar-refractivity contribution in [3.8, 4) is 0 Å². The van der Waals surface area contributed by atoms with Gasteiger partial charge in [0.15, 0.2) is 0 Å². The van der Waals surface area contributed by atoms with Gasteiger partial charge in [-0.15, -0.1) is 0 Å². The SMILES string of the molecule is C=CC(=O)O.CC(C)(C)CO. The van der Waals surface area contributed by atoms with E-state index in [0.29, 0.717) is 0 Å². The Morgan fingerprint density at radius 3 is 1.73 bits per heavy atom. The molecule has 0 saturated heterocycles. The van der Waals surface area contributed by atoms with Crippen molar-refractivity contribution in [2.45, 2.75) is 20.8 Å². The molecular weight excluding hydrogens is 144 g/mol. The van der Waals surface area contributed by atoms with E-state index < -0.39 is 5.97 Å². The number of hydrogen-bond acceptors (Lipinski definition) is 2. The van der Waals surface area contributed by atoms with Gasteiger partial charge in [0.05, 0.1) is 0 Å². The molecule has 0 bridgehead atoms. The molecule has 3 nitrogen and oxygen atoms in total. The summed E-state index contributed by atoms with van der Waals surface area (Å²) in [6.45, 7) is 9.21. The van der Waals surface area contributed by atoms with Gasteiger partial charge in [-0.2, -0.15) is 0 Å². The number of aliphatic hydroxyl groups is 1. The molecule has 0 atom stereocenters. The molecule has 0 rings (SSSR count). The third kappa shape index (κ3) is 27.1. The molecule has 0 amide bonds. The van der Waals surface area contributed by atoms with Crippen LogP contribution in [-0.4, -0.2) is 22.8 Å². The molecule has 0 saturated carbocycles. The van der Waals surface area contributed by atoms with Crippen molar-refractivity contribution in [2.75, 3.05) is 6.61 Å². The quantitative estimate of drug-likeness (QED) is 0.568. The Labute approximate surface area is 67.4 Å². The Bertz CT molecular complexity index is 122. The number of aliphatic hydroxyl groups excluding tert-OH is 1. The summed E-state index contributed by atoms with van der Waals surface area (Å²) in [6.07, 6.45) is 0.833. The lowest BCUT2D eigenvalue weighted by Crippen LogP contribution is -2.09. The predicted octanol–water partition coefficient (Wildman–Crippen LogP) is 1.28. The molecule has 0 heterocycles. The summed E-state index contributed by atoms with van der Waals surface area (Å²) in [5.74, 6) is -0.981. The van der Waals surface area contributed by atoms with E-state index in [4.69, 9.17) is 10.2 Å². The van der Waals surface area contributed by atoms with Crippen molar-refractivity contribution < 1.29 is 15.0 Å². The molecule has 0 radical (unpaired) electrons. The van der Waals surface area contributed by atoms with Crippen molar-refractivity contribution in [3.63, 3.8) is 0 Å². The van der Waals surface area contributed by atoms with Crippen LogP contribution in [-0.2, 0) is 4.79 Å². The van der Waals surface area contributed by atoms with Gasteiger partial charge in [-0.25, -0.2) is 4.79 Å². The normalized spacial score (nSPS) is 9.45. The van der Waals surface area contributed by atoms with Crippen LogP contribution in [0.1, 0.15) is 20.8 Å². The summed E-state index contributed by atoms with van der Waals surface area (Å²) in [5, 5.41) is 16.0. The topological polar surface area (TPSA) is 57.5 Å². The third-order valence-corrected chi connectivity index (χ3v) is 0.649. The van der Waals surface area contributed by atoms with Crippen molar-refractivity contribution in [3.05, 3.63) is 12.7 Å². The molecule has 0 aromatic rings. The molecule has 3 heteroatoms. The Hall–Kier alpha value is -0.830. The van der Waals surface area contributed by atoms with Gasteiger partial charge in [-0.3, -0.25) is 0 Å². The van der Waals surface area contributed by atoms with Gasteiger partial charge in [-0.1, -0.05) is 27.4 Å². The van der Waals surface area contributed by atoms with Gasteiger partial charge in [0.1, 0.15) is 0 Å². The average molecular weight is 160 g/mol. The smallest absolute Gasteiger partial charge is 0.327 e. The lowest BCUT2D eigenvalue weighted by Gasteiger charge is -2.11. The zero-order chi connectivity index (χ0) is 9.49. The van der Waals surface area contributed by atoms with E-state index in [0.717, 1.165) is 6.08 Å². The van der Waals surface area contributed by atoms with E-state index in [1.807, 2.05) is 20.8 Å². The third-order valence-electron chi connectivity index (χ3n) is 0.649. The fraction of sp³-hybridized carbons (Fsp3) is 0.625. The predicted molar refractivity (Wildman–Crippen MR) is 44.4 cm³/mol. The number of hydrogen-bond donors (Lipinski definition) is 2. The Balaban J connectivity index is 0. The molecule has 0 unspecified atom stereocenters.